The molecule has 43 heavy (non-hydrogen) atoms. The minimum absolute atomic E-state index is 0.226. The van der Waals surface area contributed by atoms with Gasteiger partial charge < -0.3 is 18.9 Å². The van der Waals surface area contributed by atoms with Crippen molar-refractivity contribution in [1.29, 1.82) is 0 Å². The molecule has 0 aromatic rings. The van der Waals surface area contributed by atoms with E-state index in [-0.39, 0.29) is 6.61 Å². The van der Waals surface area contributed by atoms with Crippen LogP contribution in [0.2, 0.25) is 0 Å². The number of unbranched alkanes of at least 4 members (excludes halogenated alkanes) is 22. The third-order valence-electron chi connectivity index (χ3n) is 8.13. The Hall–Kier alpha value is -0.0100. The molecule has 0 rings (SSSR count). The summed E-state index contributed by atoms with van der Waals surface area (Å²) in [5.74, 6) is 0. The molecule has 2 unspecified atom stereocenters. The average molecular weight is 637 g/mol. The lowest BCUT2D eigenvalue weighted by Crippen LogP contribution is -2.35. The zero-order chi connectivity index (χ0) is 31.9. The Labute approximate surface area is 268 Å². The number of rotatable bonds is 35. The van der Waals surface area contributed by atoms with Gasteiger partial charge in [-0.05, 0) is 25.7 Å². The van der Waals surface area contributed by atoms with Gasteiger partial charge in [0.05, 0.1) is 40.9 Å². The van der Waals surface area contributed by atoms with E-state index in [4.69, 9.17) is 18.5 Å². The van der Waals surface area contributed by atoms with Crippen LogP contribution in [0.1, 0.15) is 167 Å². The number of nitrogens with zero attached hydrogens (tertiary/aromatic N) is 1. The summed E-state index contributed by atoms with van der Waals surface area (Å²) in [6, 6.07) is 0. The molecule has 0 heterocycles. The molecule has 2 atom stereocenters. The molecule has 0 saturated heterocycles. The van der Waals surface area contributed by atoms with Crippen molar-refractivity contribution >= 4 is 7.82 Å². The van der Waals surface area contributed by atoms with Crippen LogP contribution in [-0.4, -0.2) is 70.3 Å². The summed E-state index contributed by atoms with van der Waals surface area (Å²) in [5, 5.41) is 0. The highest BCUT2D eigenvalue weighted by atomic mass is 31.2. The van der Waals surface area contributed by atoms with E-state index in [1.165, 1.54) is 142 Å². The van der Waals surface area contributed by atoms with E-state index in [9.17, 15) is 9.46 Å². The van der Waals surface area contributed by atoms with Crippen molar-refractivity contribution in [1.82, 2.24) is 0 Å². The second kappa shape index (κ2) is 30.6. The molecule has 1 N–H and O–H groups in total. The first-order chi connectivity index (χ1) is 20.7. The number of hydrogen-bond acceptors (Lipinski definition) is 5. The lowest BCUT2D eigenvalue weighted by Gasteiger charge is -2.23. The Kier molecular flexibility index (Phi) is 30.6. The maximum atomic E-state index is 12.3. The molecule has 0 radical (unpaired) electrons. The second-order valence-electron chi connectivity index (χ2n) is 13.6. The van der Waals surface area contributed by atoms with Gasteiger partial charge in [-0.2, -0.15) is 0 Å². The van der Waals surface area contributed by atoms with Crippen molar-refractivity contribution in [2.75, 3.05) is 54.6 Å². The van der Waals surface area contributed by atoms with E-state index >= 15 is 0 Å². The van der Waals surface area contributed by atoms with E-state index < -0.39 is 14.1 Å². The molecular weight excluding hydrogens is 561 g/mol. The van der Waals surface area contributed by atoms with Crippen molar-refractivity contribution < 1.29 is 32.5 Å². The Balaban J connectivity index is 3.52. The van der Waals surface area contributed by atoms with Gasteiger partial charge in [-0.25, -0.2) is 4.57 Å². The van der Waals surface area contributed by atoms with Gasteiger partial charge in [-0.3, -0.25) is 9.05 Å². The predicted molar refractivity (Wildman–Crippen MR) is 182 cm³/mol. The van der Waals surface area contributed by atoms with Crippen molar-refractivity contribution in [3.8, 4) is 0 Å². The van der Waals surface area contributed by atoms with Crippen LogP contribution < -0.4 is 0 Å². The van der Waals surface area contributed by atoms with Gasteiger partial charge in [-0.1, -0.05) is 135 Å². The van der Waals surface area contributed by atoms with Gasteiger partial charge in [0.1, 0.15) is 0 Å². The number of phosphoric acid groups is 1. The van der Waals surface area contributed by atoms with Crippen molar-refractivity contribution in [2.24, 2.45) is 0 Å². The molecule has 0 amide bonds. The van der Waals surface area contributed by atoms with Crippen molar-refractivity contribution in [3.05, 3.63) is 0 Å². The summed E-state index contributed by atoms with van der Waals surface area (Å²) in [6.07, 6.45) is 30.5. The first-order valence-electron chi connectivity index (χ1n) is 18.3. The Bertz CT molecular complexity index is 616. The normalized spacial score (nSPS) is 14.3. The van der Waals surface area contributed by atoms with Crippen LogP contribution in [0, 0.1) is 0 Å². The summed E-state index contributed by atoms with van der Waals surface area (Å²) in [7, 11) is 4.07. The Morgan fingerprint density at radius 2 is 0.977 bits per heavy atom. The van der Waals surface area contributed by atoms with Crippen LogP contribution in [-0.2, 0) is 23.1 Å². The van der Waals surface area contributed by atoms with Gasteiger partial charge in [0, 0.05) is 20.1 Å². The van der Waals surface area contributed by atoms with Crippen LogP contribution in [0.5, 0.6) is 0 Å². The summed E-state index contributed by atoms with van der Waals surface area (Å²) in [5.41, 5.74) is 0. The van der Waals surface area contributed by atoms with Gasteiger partial charge in [0.15, 0.2) is 6.29 Å². The number of phosphoric ester groups is 1. The van der Waals surface area contributed by atoms with Crippen LogP contribution in [0.25, 0.3) is 0 Å². The van der Waals surface area contributed by atoms with Crippen LogP contribution in [0.4, 0.5) is 0 Å². The highest BCUT2D eigenvalue weighted by molar-refractivity contribution is 7.47. The van der Waals surface area contributed by atoms with Crippen molar-refractivity contribution in [2.45, 2.75) is 174 Å². The first-order valence-corrected chi connectivity index (χ1v) is 19.8. The molecular formula is C35H75NO6P+. The number of hydrogen-bond donors (Lipinski definition) is 1. The van der Waals surface area contributed by atoms with Crippen LogP contribution >= 0.6 is 7.82 Å². The predicted octanol–water partition coefficient (Wildman–Crippen LogP) is 10.6. The summed E-state index contributed by atoms with van der Waals surface area (Å²) in [6.45, 7) is 4.88. The zero-order valence-corrected chi connectivity index (χ0v) is 30.4. The molecule has 260 valence electrons. The lowest BCUT2D eigenvalue weighted by atomic mass is 10.0. The molecule has 0 aliphatic carbocycles. The molecule has 8 heteroatoms. The largest absolute Gasteiger partial charge is 0.474 e. The molecule has 7 nitrogen and oxygen atoms in total. The summed E-state index contributed by atoms with van der Waals surface area (Å²) < 4.78 is 34.6. The minimum Gasteiger partial charge on any atom is -0.381 e. The third-order valence-corrected chi connectivity index (χ3v) is 9.14. The van der Waals surface area contributed by atoms with E-state index in [2.05, 4.69) is 28.1 Å². The monoisotopic (exact) mass is 637 g/mol. The van der Waals surface area contributed by atoms with Crippen LogP contribution in [0.15, 0.2) is 0 Å². The van der Waals surface area contributed by atoms with Gasteiger partial charge in [-0.15, -0.1) is 0 Å². The second-order valence-corrected chi connectivity index (χ2v) is 15.0. The van der Waals surface area contributed by atoms with E-state index in [0.717, 1.165) is 30.2 Å². The fourth-order valence-corrected chi connectivity index (χ4v) is 6.26. The van der Waals surface area contributed by atoms with Crippen LogP contribution in [0.3, 0.4) is 0 Å². The molecule has 0 aromatic carbocycles. The lowest BCUT2D eigenvalue weighted by molar-refractivity contribution is -0.870. The highest BCUT2D eigenvalue weighted by Gasteiger charge is 2.26. The van der Waals surface area contributed by atoms with E-state index in [0.29, 0.717) is 19.6 Å². The smallest absolute Gasteiger partial charge is 0.381 e. The SMILES string of the molecule is CCCCCCCCCCCCCCCCCCOCCC(OC)OP(=O)(O)OCCCCCCCCCC[N+](C)(C)C. The molecule has 0 fully saturated rings. The molecule has 0 aliphatic heterocycles. The fourth-order valence-electron chi connectivity index (χ4n) is 5.36. The zero-order valence-electron chi connectivity index (χ0n) is 29.5. The Morgan fingerprint density at radius 3 is 1.40 bits per heavy atom. The van der Waals surface area contributed by atoms with Gasteiger partial charge in [0.25, 0.3) is 0 Å². The topological polar surface area (TPSA) is 74.2 Å². The maximum Gasteiger partial charge on any atom is 0.474 e. The molecule has 0 saturated carbocycles. The van der Waals surface area contributed by atoms with E-state index in [1.807, 2.05) is 0 Å². The number of quaternary nitrogens is 1. The number of ether oxygens (including phenoxy) is 2. The third kappa shape index (κ3) is 34.7. The molecule has 0 aromatic heterocycles. The standard InChI is InChI=1S/C35H74NO6P/c1-6-7-8-9-10-11-12-13-14-15-16-17-19-22-25-28-32-40-34-30-35(39-5)42-43(37,38)41-33-29-26-23-20-18-21-24-27-31-36(2,3)4/h35H,6-34H2,1-5H3/p+1. The minimum atomic E-state index is -4.13. The first kappa shape index (κ1) is 43.0. The maximum absolute atomic E-state index is 12.3. The summed E-state index contributed by atoms with van der Waals surface area (Å²) >= 11 is 0. The quantitative estimate of drug-likeness (QED) is 0.0323. The van der Waals surface area contributed by atoms with Gasteiger partial charge >= 0.3 is 7.82 Å². The van der Waals surface area contributed by atoms with E-state index in [1.54, 1.807) is 0 Å². The highest BCUT2D eigenvalue weighted by Crippen LogP contribution is 2.45. The molecule has 0 aliphatic rings. The average Bonchev–Trinajstić information content (AvgIpc) is 2.95. The van der Waals surface area contributed by atoms with Gasteiger partial charge in [0.2, 0.25) is 0 Å². The number of methoxy groups -OCH3 is 1. The van der Waals surface area contributed by atoms with Crippen molar-refractivity contribution in [3.63, 3.8) is 0 Å². The Morgan fingerprint density at radius 1 is 0.581 bits per heavy atom. The molecule has 0 bridgehead atoms. The summed E-state index contributed by atoms with van der Waals surface area (Å²) in [4.78, 5) is 10.0. The fraction of sp³-hybridized carbons (Fsp3) is 1.00. The molecule has 0 spiro atoms.